The minimum atomic E-state index is -0.0489. The van der Waals surface area contributed by atoms with Crippen molar-refractivity contribution in [3.05, 3.63) is 58.4 Å². The van der Waals surface area contributed by atoms with Crippen LogP contribution in [0.15, 0.2) is 52.5 Å². The van der Waals surface area contributed by atoms with Crippen LogP contribution in [0.1, 0.15) is 18.4 Å². The summed E-state index contributed by atoms with van der Waals surface area (Å²) in [6.07, 6.45) is 2.74. The first-order valence-corrected chi connectivity index (χ1v) is 6.37. The van der Waals surface area contributed by atoms with Gasteiger partial charge in [0.25, 0.3) is 0 Å². The second kappa shape index (κ2) is 5.13. The van der Waals surface area contributed by atoms with Gasteiger partial charge in [-0.25, -0.2) is 5.43 Å². The van der Waals surface area contributed by atoms with E-state index in [0.29, 0.717) is 12.8 Å². The molecule has 0 bridgehead atoms. The number of benzene rings is 1. The number of aromatic nitrogens is 1. The molecule has 0 atom stereocenters. The van der Waals surface area contributed by atoms with Crippen molar-refractivity contribution in [2.24, 2.45) is 5.10 Å². The van der Waals surface area contributed by atoms with Gasteiger partial charge in [-0.2, -0.15) is 5.10 Å². The van der Waals surface area contributed by atoms with Crippen LogP contribution in [-0.4, -0.2) is 16.6 Å². The summed E-state index contributed by atoms with van der Waals surface area (Å²) in [7, 11) is 0. The molecule has 1 aromatic carbocycles. The molecule has 0 unspecified atom stereocenters. The second-order valence-corrected chi connectivity index (χ2v) is 4.61. The monoisotopic (exact) mass is 267 g/mol. The summed E-state index contributed by atoms with van der Waals surface area (Å²) in [4.78, 5) is 25.4. The fourth-order valence-electron chi connectivity index (χ4n) is 2.14. The molecule has 0 saturated heterocycles. The summed E-state index contributed by atoms with van der Waals surface area (Å²) in [6, 6.07) is 10.8. The number of carbonyl (C=O) groups is 1. The number of hydrogen-bond acceptors (Lipinski definition) is 3. The molecule has 0 fully saturated rings. The van der Waals surface area contributed by atoms with Gasteiger partial charge < -0.3 is 4.98 Å². The highest BCUT2D eigenvalue weighted by molar-refractivity contribution is 6.04. The van der Waals surface area contributed by atoms with E-state index < -0.39 is 0 Å². The average molecular weight is 267 g/mol. The van der Waals surface area contributed by atoms with Crippen molar-refractivity contribution in [2.75, 3.05) is 0 Å². The van der Waals surface area contributed by atoms with E-state index in [1.807, 2.05) is 24.3 Å². The van der Waals surface area contributed by atoms with Gasteiger partial charge in [0.15, 0.2) is 5.43 Å². The predicted octanol–water partition coefficient (Wildman–Crippen LogP) is 1.66. The molecule has 0 aliphatic carbocycles. The average Bonchev–Trinajstić information content (AvgIpc) is 2.48. The molecule has 100 valence electrons. The highest BCUT2D eigenvalue weighted by Crippen LogP contribution is 2.17. The van der Waals surface area contributed by atoms with Crippen LogP contribution in [0.25, 0.3) is 11.3 Å². The molecule has 2 N–H and O–H groups in total. The Balaban J connectivity index is 1.88. The topological polar surface area (TPSA) is 74.3 Å². The Labute approximate surface area is 115 Å². The number of nitrogens with zero attached hydrogens (tertiary/aromatic N) is 1. The zero-order valence-corrected chi connectivity index (χ0v) is 10.7. The maximum absolute atomic E-state index is 11.3. The smallest absolute Gasteiger partial charge is 0.240 e. The van der Waals surface area contributed by atoms with Gasteiger partial charge in [0.05, 0.1) is 5.71 Å². The van der Waals surface area contributed by atoms with Crippen LogP contribution in [0.3, 0.4) is 0 Å². The lowest BCUT2D eigenvalue weighted by atomic mass is 10.0. The molecule has 0 radical (unpaired) electrons. The molecular formula is C15H13N3O2. The Morgan fingerprint density at radius 1 is 0.950 bits per heavy atom. The molecule has 20 heavy (non-hydrogen) atoms. The van der Waals surface area contributed by atoms with Crippen LogP contribution in [0, 0.1) is 0 Å². The first-order valence-electron chi connectivity index (χ1n) is 6.37. The summed E-state index contributed by atoms with van der Waals surface area (Å²) in [5.41, 5.74) is 6.03. The van der Waals surface area contributed by atoms with Crippen LogP contribution in [0.5, 0.6) is 0 Å². The normalized spacial score (nSPS) is 14.6. The minimum Gasteiger partial charge on any atom is -0.361 e. The van der Waals surface area contributed by atoms with E-state index in [9.17, 15) is 9.59 Å². The van der Waals surface area contributed by atoms with Crippen LogP contribution < -0.4 is 10.9 Å². The van der Waals surface area contributed by atoms with E-state index in [0.717, 1.165) is 22.5 Å². The molecule has 1 aliphatic rings. The zero-order chi connectivity index (χ0) is 13.9. The van der Waals surface area contributed by atoms with Gasteiger partial charge in [0, 0.05) is 36.9 Å². The Kier molecular flexibility index (Phi) is 3.16. The molecule has 0 spiro atoms. The van der Waals surface area contributed by atoms with Gasteiger partial charge in [-0.15, -0.1) is 0 Å². The van der Waals surface area contributed by atoms with Gasteiger partial charge in [0.2, 0.25) is 5.91 Å². The number of H-pyrrole nitrogens is 1. The third kappa shape index (κ3) is 2.51. The van der Waals surface area contributed by atoms with Crippen molar-refractivity contribution in [2.45, 2.75) is 12.8 Å². The van der Waals surface area contributed by atoms with Crippen LogP contribution >= 0.6 is 0 Å². The second-order valence-electron chi connectivity index (χ2n) is 4.61. The Hall–Kier alpha value is -2.69. The van der Waals surface area contributed by atoms with Crippen LogP contribution in [-0.2, 0) is 4.79 Å². The number of hydrazone groups is 1. The molecule has 1 amide bonds. The molecule has 0 saturated carbocycles. The third-order valence-corrected chi connectivity index (χ3v) is 3.21. The number of amides is 1. The molecule has 1 aromatic heterocycles. The molecule has 3 rings (SSSR count). The lowest BCUT2D eigenvalue weighted by Gasteiger charge is -2.12. The van der Waals surface area contributed by atoms with Gasteiger partial charge in [-0.1, -0.05) is 24.3 Å². The van der Waals surface area contributed by atoms with Crippen molar-refractivity contribution in [3.63, 3.8) is 0 Å². The van der Waals surface area contributed by atoms with Crippen molar-refractivity contribution < 1.29 is 4.79 Å². The highest BCUT2D eigenvalue weighted by atomic mass is 16.2. The number of hydrogen-bond donors (Lipinski definition) is 2. The van der Waals surface area contributed by atoms with Gasteiger partial charge in [-0.05, 0) is 11.1 Å². The lowest BCUT2D eigenvalue weighted by Crippen LogP contribution is -2.25. The van der Waals surface area contributed by atoms with Crippen molar-refractivity contribution in [1.82, 2.24) is 10.4 Å². The van der Waals surface area contributed by atoms with E-state index in [1.165, 1.54) is 6.07 Å². The zero-order valence-electron chi connectivity index (χ0n) is 10.7. The van der Waals surface area contributed by atoms with Gasteiger partial charge in [-0.3, -0.25) is 9.59 Å². The Morgan fingerprint density at radius 3 is 2.35 bits per heavy atom. The standard InChI is InChI=1S/C15H13N3O2/c19-12-7-8-16-14(9-12)11-3-1-10(2-4-11)13-5-6-15(20)18-17-13/h1-4,7-9H,5-6H2,(H,16,19)(H,18,20). The van der Waals surface area contributed by atoms with Crippen molar-refractivity contribution in [3.8, 4) is 11.3 Å². The summed E-state index contributed by atoms with van der Waals surface area (Å²) >= 11 is 0. The van der Waals surface area contributed by atoms with Crippen LogP contribution in [0.2, 0.25) is 0 Å². The maximum Gasteiger partial charge on any atom is 0.240 e. The Bertz CT molecular complexity index is 729. The quantitative estimate of drug-likeness (QED) is 0.868. The predicted molar refractivity (Wildman–Crippen MR) is 76.4 cm³/mol. The number of pyridine rings is 1. The number of nitrogens with one attached hydrogen (secondary N) is 2. The largest absolute Gasteiger partial charge is 0.361 e. The lowest BCUT2D eigenvalue weighted by molar-refractivity contribution is -0.121. The summed E-state index contributed by atoms with van der Waals surface area (Å²) < 4.78 is 0. The van der Waals surface area contributed by atoms with E-state index in [4.69, 9.17) is 0 Å². The van der Waals surface area contributed by atoms with Crippen molar-refractivity contribution >= 4 is 11.6 Å². The molecule has 1 aliphatic heterocycles. The van der Waals surface area contributed by atoms with E-state index in [1.54, 1.807) is 12.3 Å². The first kappa shape index (κ1) is 12.3. The minimum absolute atomic E-state index is 0.0257. The molecule has 2 aromatic rings. The number of rotatable bonds is 2. The SMILES string of the molecule is O=C1CCC(c2ccc(-c3cc(=O)cc[nH]3)cc2)=NN1. The molecular weight excluding hydrogens is 254 g/mol. The highest BCUT2D eigenvalue weighted by Gasteiger charge is 2.13. The Morgan fingerprint density at radius 2 is 1.70 bits per heavy atom. The van der Waals surface area contributed by atoms with E-state index in [2.05, 4.69) is 15.5 Å². The summed E-state index contributed by atoms with van der Waals surface area (Å²) in [5, 5.41) is 4.06. The van der Waals surface area contributed by atoms with E-state index >= 15 is 0 Å². The number of aromatic amines is 1. The van der Waals surface area contributed by atoms with E-state index in [-0.39, 0.29) is 11.3 Å². The fraction of sp³-hybridized carbons (Fsp3) is 0.133. The molecule has 5 nitrogen and oxygen atoms in total. The van der Waals surface area contributed by atoms with Gasteiger partial charge >= 0.3 is 0 Å². The fourth-order valence-corrected chi connectivity index (χ4v) is 2.14. The maximum atomic E-state index is 11.3. The molecule has 5 heteroatoms. The summed E-state index contributed by atoms with van der Waals surface area (Å²) in [6.45, 7) is 0. The third-order valence-electron chi connectivity index (χ3n) is 3.21. The first-order chi connectivity index (χ1) is 9.72. The summed E-state index contributed by atoms with van der Waals surface area (Å²) in [5.74, 6) is -0.0489. The molecule has 2 heterocycles. The number of carbonyl (C=O) groups excluding carboxylic acids is 1. The van der Waals surface area contributed by atoms with Gasteiger partial charge in [0.1, 0.15) is 0 Å². The van der Waals surface area contributed by atoms with Crippen molar-refractivity contribution in [1.29, 1.82) is 0 Å². The van der Waals surface area contributed by atoms with Crippen LogP contribution in [0.4, 0.5) is 0 Å².